The molecule has 3 heteroatoms. The summed E-state index contributed by atoms with van der Waals surface area (Å²) in [5.41, 5.74) is 4.80. The molecule has 0 aromatic heterocycles. The summed E-state index contributed by atoms with van der Waals surface area (Å²) in [5.74, 6) is 6.06. The highest BCUT2D eigenvalue weighted by atomic mass is 16.5. The van der Waals surface area contributed by atoms with E-state index in [-0.39, 0.29) is 17.7 Å². The molecule has 1 saturated carbocycles. The molecule has 1 aliphatic rings. The minimum Gasteiger partial charge on any atom is -0.462 e. The second-order valence-corrected chi connectivity index (χ2v) is 7.24. The van der Waals surface area contributed by atoms with Gasteiger partial charge in [0.05, 0.1) is 23.9 Å². The predicted molar refractivity (Wildman–Crippen MR) is 107 cm³/mol. The van der Waals surface area contributed by atoms with E-state index in [1.54, 1.807) is 19.1 Å². The Bertz CT molecular complexity index is 878. The molecule has 0 bridgehead atoms. The second-order valence-electron chi connectivity index (χ2n) is 7.24. The van der Waals surface area contributed by atoms with Gasteiger partial charge in [-0.25, -0.2) is 4.79 Å². The summed E-state index contributed by atoms with van der Waals surface area (Å²) in [5, 5.41) is 0. The molecule has 2 aromatic rings. The average molecular weight is 362 g/mol. The molecule has 1 fully saturated rings. The van der Waals surface area contributed by atoms with Crippen LogP contribution < -0.4 is 0 Å². The summed E-state index contributed by atoms with van der Waals surface area (Å²) in [7, 11) is 0. The third-order valence-corrected chi connectivity index (χ3v) is 4.63. The Labute approximate surface area is 161 Å². The summed E-state index contributed by atoms with van der Waals surface area (Å²) in [6.45, 7) is 8.47. The summed E-state index contributed by atoms with van der Waals surface area (Å²) in [6, 6.07) is 13.5. The number of aryl methyl sites for hydroxylation is 1. The lowest BCUT2D eigenvalue weighted by atomic mass is 9.98. The van der Waals surface area contributed by atoms with Gasteiger partial charge >= 0.3 is 5.97 Å². The van der Waals surface area contributed by atoms with Crippen molar-refractivity contribution in [3.8, 4) is 11.8 Å². The van der Waals surface area contributed by atoms with E-state index in [1.807, 2.05) is 12.1 Å². The summed E-state index contributed by atoms with van der Waals surface area (Å²) in [6.07, 6.45) is 2.40. The zero-order valence-corrected chi connectivity index (χ0v) is 16.5. The topological polar surface area (TPSA) is 35.5 Å². The Hall–Kier alpha value is -2.57. The number of benzene rings is 2. The Morgan fingerprint density at radius 3 is 2.26 bits per heavy atom. The van der Waals surface area contributed by atoms with Crippen LogP contribution in [0.5, 0.6) is 0 Å². The van der Waals surface area contributed by atoms with Gasteiger partial charge in [-0.2, -0.15) is 0 Å². The minimum atomic E-state index is -0.305. The molecule has 140 valence electrons. The maximum absolute atomic E-state index is 11.7. The summed E-state index contributed by atoms with van der Waals surface area (Å²) in [4.78, 5) is 11.7. The van der Waals surface area contributed by atoms with Gasteiger partial charge < -0.3 is 9.47 Å². The van der Waals surface area contributed by atoms with Crippen molar-refractivity contribution < 1.29 is 14.3 Å². The predicted octanol–water partition coefficient (Wildman–Crippen LogP) is 4.99. The number of hydrogen-bond donors (Lipinski definition) is 0. The fraction of sp³-hybridized carbons (Fsp3) is 0.375. The van der Waals surface area contributed by atoms with Crippen LogP contribution in [0.2, 0.25) is 0 Å². The van der Waals surface area contributed by atoms with Crippen molar-refractivity contribution in [1.82, 2.24) is 0 Å². The Morgan fingerprint density at radius 1 is 1.07 bits per heavy atom. The molecule has 0 saturated heterocycles. The second kappa shape index (κ2) is 7.98. The first-order valence-electron chi connectivity index (χ1n) is 9.52. The molecular weight excluding hydrogens is 336 g/mol. The molecule has 0 aliphatic heterocycles. The van der Waals surface area contributed by atoms with Gasteiger partial charge in [-0.15, -0.1) is 0 Å². The van der Waals surface area contributed by atoms with Gasteiger partial charge in [0.1, 0.15) is 0 Å². The molecule has 0 spiro atoms. The monoisotopic (exact) mass is 362 g/mol. The normalized spacial score (nSPS) is 14.4. The van der Waals surface area contributed by atoms with Crippen molar-refractivity contribution in [2.75, 3.05) is 6.61 Å². The maximum atomic E-state index is 11.7. The standard InChI is InChI=1S/C24H26O3/c1-5-26-23(25)21-11-8-19(9-12-21)6-7-20-10-13-22(18(4)16-20)24(14-15-24)27-17(2)3/h8-13,16-17H,5,14-15H2,1-4H3. The largest absolute Gasteiger partial charge is 0.462 e. The van der Waals surface area contributed by atoms with Gasteiger partial charge in [0, 0.05) is 11.1 Å². The van der Waals surface area contributed by atoms with Crippen molar-refractivity contribution in [3.63, 3.8) is 0 Å². The molecule has 3 rings (SSSR count). The van der Waals surface area contributed by atoms with E-state index in [0.717, 1.165) is 24.0 Å². The fourth-order valence-corrected chi connectivity index (χ4v) is 3.32. The highest BCUT2D eigenvalue weighted by Crippen LogP contribution is 2.51. The third-order valence-electron chi connectivity index (χ3n) is 4.63. The summed E-state index contributed by atoms with van der Waals surface area (Å²) < 4.78 is 11.2. The molecular formula is C24H26O3. The molecule has 0 radical (unpaired) electrons. The SMILES string of the molecule is CCOC(=O)c1ccc(C#Cc2ccc(C3(OC(C)C)CC3)c(C)c2)cc1. The molecule has 1 aliphatic carbocycles. The molecule has 2 aromatic carbocycles. The zero-order chi connectivity index (χ0) is 19.4. The van der Waals surface area contributed by atoms with Crippen molar-refractivity contribution in [3.05, 3.63) is 70.3 Å². The highest BCUT2D eigenvalue weighted by molar-refractivity contribution is 5.89. The van der Waals surface area contributed by atoms with E-state index in [2.05, 4.69) is 50.8 Å². The third kappa shape index (κ3) is 4.59. The molecule has 3 nitrogen and oxygen atoms in total. The first-order valence-corrected chi connectivity index (χ1v) is 9.52. The van der Waals surface area contributed by atoms with Crippen LogP contribution in [0.4, 0.5) is 0 Å². The van der Waals surface area contributed by atoms with Crippen LogP contribution in [0, 0.1) is 18.8 Å². The summed E-state index contributed by atoms with van der Waals surface area (Å²) >= 11 is 0. The number of carbonyl (C=O) groups excluding carboxylic acids is 1. The minimum absolute atomic E-state index is 0.0901. The van der Waals surface area contributed by atoms with Gasteiger partial charge in [0.15, 0.2) is 0 Å². The lowest BCUT2D eigenvalue weighted by Gasteiger charge is -2.22. The van der Waals surface area contributed by atoms with Crippen LogP contribution in [-0.2, 0) is 15.1 Å². The lowest BCUT2D eigenvalue weighted by Crippen LogP contribution is -2.18. The van der Waals surface area contributed by atoms with E-state index >= 15 is 0 Å². The van der Waals surface area contributed by atoms with Crippen molar-refractivity contribution in [2.45, 2.75) is 52.2 Å². The van der Waals surface area contributed by atoms with Crippen LogP contribution >= 0.6 is 0 Å². The van der Waals surface area contributed by atoms with Crippen LogP contribution in [0.25, 0.3) is 0 Å². The zero-order valence-electron chi connectivity index (χ0n) is 16.5. The van der Waals surface area contributed by atoms with Crippen LogP contribution in [0.1, 0.15) is 66.2 Å². The smallest absolute Gasteiger partial charge is 0.338 e. The molecule has 27 heavy (non-hydrogen) atoms. The first kappa shape index (κ1) is 19.2. The van der Waals surface area contributed by atoms with E-state index in [1.165, 1.54) is 11.1 Å². The highest BCUT2D eigenvalue weighted by Gasteiger charge is 2.47. The number of carbonyl (C=O) groups is 1. The van der Waals surface area contributed by atoms with Crippen LogP contribution in [-0.4, -0.2) is 18.7 Å². The maximum Gasteiger partial charge on any atom is 0.338 e. The number of ether oxygens (including phenoxy) is 2. The molecule has 0 unspecified atom stereocenters. The van der Waals surface area contributed by atoms with Crippen molar-refractivity contribution in [1.29, 1.82) is 0 Å². The van der Waals surface area contributed by atoms with Crippen molar-refractivity contribution in [2.24, 2.45) is 0 Å². The van der Waals surface area contributed by atoms with Crippen LogP contribution in [0.3, 0.4) is 0 Å². The van der Waals surface area contributed by atoms with Gasteiger partial charge in [0.25, 0.3) is 0 Å². The number of rotatable bonds is 5. The lowest BCUT2D eigenvalue weighted by molar-refractivity contribution is -0.0146. The van der Waals surface area contributed by atoms with Gasteiger partial charge in [-0.3, -0.25) is 0 Å². The molecule has 0 heterocycles. The van der Waals surface area contributed by atoms with Crippen molar-refractivity contribution >= 4 is 5.97 Å². The fourth-order valence-electron chi connectivity index (χ4n) is 3.32. The molecule has 0 amide bonds. The molecule has 0 atom stereocenters. The average Bonchev–Trinajstić information content (AvgIpc) is 3.40. The number of hydrogen-bond acceptors (Lipinski definition) is 3. The molecule has 0 N–H and O–H groups in total. The van der Waals surface area contributed by atoms with Crippen LogP contribution in [0.15, 0.2) is 42.5 Å². The first-order chi connectivity index (χ1) is 12.9. The Balaban J connectivity index is 1.74. The number of esters is 1. The van der Waals surface area contributed by atoms with E-state index in [0.29, 0.717) is 12.2 Å². The van der Waals surface area contributed by atoms with Gasteiger partial charge in [0.2, 0.25) is 0 Å². The van der Waals surface area contributed by atoms with Gasteiger partial charge in [-0.05, 0) is 88.1 Å². The quantitative estimate of drug-likeness (QED) is 0.555. The van der Waals surface area contributed by atoms with E-state index in [9.17, 15) is 4.79 Å². The van der Waals surface area contributed by atoms with E-state index in [4.69, 9.17) is 9.47 Å². The van der Waals surface area contributed by atoms with E-state index < -0.39 is 0 Å². The Kier molecular flexibility index (Phi) is 5.68. The Morgan fingerprint density at radius 2 is 1.70 bits per heavy atom. The van der Waals surface area contributed by atoms with Gasteiger partial charge in [-0.1, -0.05) is 17.9 Å².